The summed E-state index contributed by atoms with van der Waals surface area (Å²) < 4.78 is 0. The first kappa shape index (κ1) is 15.7. The van der Waals surface area contributed by atoms with Crippen LogP contribution in [0, 0.1) is 0 Å². The Morgan fingerprint density at radius 1 is 0.880 bits per heavy atom. The molecule has 1 atom stereocenters. The molecule has 25 heavy (non-hydrogen) atoms. The van der Waals surface area contributed by atoms with E-state index in [1.54, 1.807) is 0 Å². The number of fused-ring (bicyclic) bond motifs is 1. The first-order chi connectivity index (χ1) is 12.2. The number of carbonyl (C=O) groups excluding carboxylic acids is 1. The Hall–Kier alpha value is -2.78. The number of nitrogens with one attached hydrogen (secondary N) is 1. The van der Waals surface area contributed by atoms with Crippen molar-refractivity contribution in [2.24, 2.45) is 0 Å². The van der Waals surface area contributed by atoms with E-state index in [0.29, 0.717) is 17.1 Å². The van der Waals surface area contributed by atoms with Gasteiger partial charge < -0.3 is 10.2 Å². The van der Waals surface area contributed by atoms with Gasteiger partial charge in [-0.25, -0.2) is 0 Å². The fraction of sp³-hybridized carbons (Fsp3) is 0.0952. The standard InChI is InChI=1S/C21H17ClN2O/c22-17-12-10-16(11-13-17)20-23-19-9-5-4-8-18(19)21(25)24(20)14-15-6-2-1-3-7-15/h1-13,20,23H,14H2. The van der Waals surface area contributed by atoms with Gasteiger partial charge in [0.25, 0.3) is 5.91 Å². The van der Waals surface area contributed by atoms with Gasteiger partial charge in [0.05, 0.1) is 5.56 Å². The monoisotopic (exact) mass is 348 g/mol. The lowest BCUT2D eigenvalue weighted by atomic mass is 10.0. The second-order valence-corrected chi connectivity index (χ2v) is 6.50. The van der Waals surface area contributed by atoms with Gasteiger partial charge in [0.2, 0.25) is 0 Å². The van der Waals surface area contributed by atoms with Gasteiger partial charge in [-0.05, 0) is 35.4 Å². The van der Waals surface area contributed by atoms with Gasteiger partial charge in [-0.2, -0.15) is 0 Å². The molecule has 0 spiro atoms. The molecule has 0 bridgehead atoms. The number of halogens is 1. The number of hydrogen-bond acceptors (Lipinski definition) is 2. The van der Waals surface area contributed by atoms with Crippen molar-refractivity contribution < 1.29 is 4.79 Å². The molecule has 0 radical (unpaired) electrons. The molecule has 0 fully saturated rings. The topological polar surface area (TPSA) is 32.3 Å². The Morgan fingerprint density at radius 3 is 2.32 bits per heavy atom. The van der Waals surface area contributed by atoms with Crippen LogP contribution in [-0.4, -0.2) is 10.8 Å². The zero-order chi connectivity index (χ0) is 17.2. The predicted octanol–water partition coefficient (Wildman–Crippen LogP) is 5.11. The fourth-order valence-corrected chi connectivity index (χ4v) is 3.27. The number of benzene rings is 3. The van der Waals surface area contributed by atoms with Crippen molar-refractivity contribution in [3.05, 3.63) is 101 Å². The number of para-hydroxylation sites is 1. The van der Waals surface area contributed by atoms with Gasteiger partial charge in [-0.15, -0.1) is 0 Å². The quantitative estimate of drug-likeness (QED) is 0.713. The van der Waals surface area contributed by atoms with Crippen LogP contribution < -0.4 is 5.32 Å². The molecular weight excluding hydrogens is 332 g/mol. The van der Waals surface area contributed by atoms with Gasteiger partial charge in [-0.3, -0.25) is 4.79 Å². The molecule has 0 saturated heterocycles. The molecule has 0 saturated carbocycles. The third-order valence-corrected chi connectivity index (χ3v) is 4.66. The number of rotatable bonds is 3. The summed E-state index contributed by atoms with van der Waals surface area (Å²) in [7, 11) is 0. The van der Waals surface area contributed by atoms with Crippen LogP contribution in [0.25, 0.3) is 0 Å². The maximum atomic E-state index is 13.1. The average molecular weight is 349 g/mol. The highest BCUT2D eigenvalue weighted by atomic mass is 35.5. The zero-order valence-electron chi connectivity index (χ0n) is 13.5. The smallest absolute Gasteiger partial charge is 0.258 e. The van der Waals surface area contributed by atoms with Crippen LogP contribution in [0.1, 0.15) is 27.7 Å². The van der Waals surface area contributed by atoms with Gasteiger partial charge in [0.15, 0.2) is 0 Å². The summed E-state index contributed by atoms with van der Waals surface area (Å²) in [6, 6.07) is 25.3. The number of amides is 1. The van der Waals surface area contributed by atoms with E-state index in [1.807, 2.05) is 83.8 Å². The highest BCUT2D eigenvalue weighted by Crippen LogP contribution is 2.34. The number of hydrogen-bond donors (Lipinski definition) is 1. The molecule has 0 aromatic heterocycles. The molecule has 1 N–H and O–H groups in total. The molecule has 3 aromatic carbocycles. The van der Waals surface area contributed by atoms with Crippen molar-refractivity contribution in [1.82, 2.24) is 4.90 Å². The minimum absolute atomic E-state index is 0.0261. The molecule has 4 heteroatoms. The van der Waals surface area contributed by atoms with Crippen LogP contribution in [-0.2, 0) is 6.54 Å². The van der Waals surface area contributed by atoms with Crippen molar-refractivity contribution in [3.63, 3.8) is 0 Å². The summed E-state index contributed by atoms with van der Waals surface area (Å²) in [6.07, 6.45) is -0.236. The average Bonchev–Trinajstić information content (AvgIpc) is 2.65. The van der Waals surface area contributed by atoms with Crippen LogP contribution in [0.3, 0.4) is 0 Å². The molecule has 3 nitrogen and oxygen atoms in total. The molecule has 1 unspecified atom stereocenters. The van der Waals surface area contributed by atoms with Crippen molar-refractivity contribution in [1.29, 1.82) is 0 Å². The summed E-state index contributed by atoms with van der Waals surface area (Å²) in [5.74, 6) is 0.0261. The SMILES string of the molecule is O=C1c2ccccc2NC(c2ccc(Cl)cc2)N1Cc1ccccc1. The highest BCUT2D eigenvalue weighted by molar-refractivity contribution is 6.30. The fourth-order valence-electron chi connectivity index (χ4n) is 3.14. The first-order valence-corrected chi connectivity index (χ1v) is 8.56. The largest absolute Gasteiger partial charge is 0.361 e. The van der Waals surface area contributed by atoms with E-state index in [2.05, 4.69) is 5.32 Å². The predicted molar refractivity (Wildman–Crippen MR) is 101 cm³/mol. The van der Waals surface area contributed by atoms with Crippen molar-refractivity contribution in [2.45, 2.75) is 12.7 Å². The molecule has 3 aromatic rings. The highest BCUT2D eigenvalue weighted by Gasteiger charge is 2.32. The van der Waals surface area contributed by atoms with E-state index in [0.717, 1.165) is 16.8 Å². The minimum atomic E-state index is -0.236. The molecule has 1 heterocycles. The van der Waals surface area contributed by atoms with E-state index in [9.17, 15) is 4.79 Å². The van der Waals surface area contributed by atoms with Crippen LogP contribution in [0.15, 0.2) is 78.9 Å². The third kappa shape index (κ3) is 3.11. The second kappa shape index (κ2) is 6.61. The van der Waals surface area contributed by atoms with Gasteiger partial charge in [-0.1, -0.05) is 66.2 Å². The maximum Gasteiger partial charge on any atom is 0.258 e. The Morgan fingerprint density at radius 2 is 1.56 bits per heavy atom. The van der Waals surface area contributed by atoms with E-state index < -0.39 is 0 Å². The lowest BCUT2D eigenvalue weighted by Crippen LogP contribution is -2.42. The van der Waals surface area contributed by atoms with Crippen molar-refractivity contribution >= 4 is 23.2 Å². The molecule has 1 amide bonds. The van der Waals surface area contributed by atoms with E-state index >= 15 is 0 Å². The Balaban J connectivity index is 1.75. The molecule has 1 aliphatic rings. The summed E-state index contributed by atoms with van der Waals surface area (Å²) in [5, 5.41) is 4.18. The van der Waals surface area contributed by atoms with Gasteiger partial charge in [0, 0.05) is 17.3 Å². The summed E-state index contributed by atoms with van der Waals surface area (Å²) in [5.41, 5.74) is 3.65. The summed E-state index contributed by atoms with van der Waals surface area (Å²) in [4.78, 5) is 15.0. The normalized spacial score (nSPS) is 16.3. The summed E-state index contributed by atoms with van der Waals surface area (Å²) in [6.45, 7) is 0.536. The Labute approximate surface area is 151 Å². The maximum absolute atomic E-state index is 13.1. The lowest BCUT2D eigenvalue weighted by molar-refractivity contribution is 0.0666. The van der Waals surface area contributed by atoms with Crippen molar-refractivity contribution in [2.75, 3.05) is 5.32 Å². The molecule has 0 aliphatic carbocycles. The number of nitrogens with zero attached hydrogens (tertiary/aromatic N) is 1. The molecule has 1 aliphatic heterocycles. The molecule has 124 valence electrons. The second-order valence-electron chi connectivity index (χ2n) is 6.06. The zero-order valence-corrected chi connectivity index (χ0v) is 14.3. The van der Waals surface area contributed by atoms with Crippen LogP contribution >= 0.6 is 11.6 Å². The van der Waals surface area contributed by atoms with Crippen LogP contribution in [0.5, 0.6) is 0 Å². The van der Waals surface area contributed by atoms with E-state index in [4.69, 9.17) is 11.6 Å². The molecule has 4 rings (SSSR count). The third-order valence-electron chi connectivity index (χ3n) is 4.40. The molecular formula is C21H17ClN2O. The van der Waals surface area contributed by atoms with Crippen molar-refractivity contribution in [3.8, 4) is 0 Å². The lowest BCUT2D eigenvalue weighted by Gasteiger charge is -2.38. The first-order valence-electron chi connectivity index (χ1n) is 8.18. The van der Waals surface area contributed by atoms with Gasteiger partial charge >= 0.3 is 0 Å². The minimum Gasteiger partial charge on any atom is -0.361 e. The summed E-state index contributed by atoms with van der Waals surface area (Å²) >= 11 is 6.03. The van der Waals surface area contributed by atoms with Crippen LogP contribution in [0.4, 0.5) is 5.69 Å². The Bertz CT molecular complexity index is 893. The van der Waals surface area contributed by atoms with Crippen LogP contribution in [0.2, 0.25) is 5.02 Å². The number of anilines is 1. The Kier molecular flexibility index (Phi) is 4.16. The van der Waals surface area contributed by atoms with Gasteiger partial charge in [0.1, 0.15) is 6.17 Å². The van der Waals surface area contributed by atoms with E-state index in [1.165, 1.54) is 0 Å². The number of carbonyl (C=O) groups is 1. The van der Waals surface area contributed by atoms with E-state index in [-0.39, 0.29) is 12.1 Å².